The number of amides is 2. The summed E-state index contributed by atoms with van der Waals surface area (Å²) in [5, 5.41) is 0.582. The number of rotatable bonds is 7. The Morgan fingerprint density at radius 2 is 2.00 bits per heavy atom. The van der Waals surface area contributed by atoms with Crippen LogP contribution in [0.2, 0.25) is 5.02 Å². The van der Waals surface area contributed by atoms with Crippen LogP contribution in [0.25, 0.3) is 11.0 Å². The third-order valence-electron chi connectivity index (χ3n) is 8.39. The van der Waals surface area contributed by atoms with E-state index in [0.717, 1.165) is 22.3 Å². The van der Waals surface area contributed by atoms with Crippen LogP contribution in [0.3, 0.4) is 0 Å². The highest BCUT2D eigenvalue weighted by molar-refractivity contribution is 6.31. The summed E-state index contributed by atoms with van der Waals surface area (Å²) in [6.45, 7) is 1.33. The molecule has 9 nitrogen and oxygen atoms in total. The van der Waals surface area contributed by atoms with Gasteiger partial charge in [0.1, 0.15) is 11.9 Å². The third-order valence-corrected chi connectivity index (χ3v) is 8.62. The molecule has 2 amide bonds. The van der Waals surface area contributed by atoms with E-state index in [2.05, 4.69) is 9.55 Å². The number of carbonyl (C=O) groups excluding carboxylic acids is 2. The average molecular weight is 555 g/mol. The maximum absolute atomic E-state index is 14.2. The number of anilines is 1. The lowest BCUT2D eigenvalue weighted by Crippen LogP contribution is -2.51. The number of ether oxygens (including phenoxy) is 1. The minimum atomic E-state index is -0.734. The average Bonchev–Trinajstić information content (AvgIpc) is 3.36. The lowest BCUT2D eigenvalue weighted by atomic mass is 9.74. The van der Waals surface area contributed by atoms with Gasteiger partial charge in [-0.25, -0.2) is 9.78 Å². The number of carbonyl (C=O) groups is 2. The largest absolute Gasteiger partial charge is 0.446 e. The van der Waals surface area contributed by atoms with E-state index in [9.17, 15) is 14.0 Å². The number of halogens is 2. The minimum absolute atomic E-state index is 0.0103. The van der Waals surface area contributed by atoms with Gasteiger partial charge in [-0.15, -0.1) is 0 Å². The van der Waals surface area contributed by atoms with Crippen molar-refractivity contribution < 1.29 is 18.7 Å². The maximum Gasteiger partial charge on any atom is 0.410 e. The predicted molar refractivity (Wildman–Crippen MR) is 145 cm³/mol. The fourth-order valence-corrected chi connectivity index (χ4v) is 6.31. The van der Waals surface area contributed by atoms with E-state index in [1.807, 2.05) is 18.2 Å². The molecule has 4 heterocycles. The molecule has 2 aliphatic heterocycles. The quantitative estimate of drug-likeness (QED) is 0.435. The van der Waals surface area contributed by atoms with Crippen LogP contribution >= 0.6 is 11.6 Å². The van der Waals surface area contributed by atoms with Gasteiger partial charge in [-0.1, -0.05) is 11.6 Å². The summed E-state index contributed by atoms with van der Waals surface area (Å²) in [4.78, 5) is 39.5. The van der Waals surface area contributed by atoms with Gasteiger partial charge in [-0.05, 0) is 68.4 Å². The number of aromatic nitrogens is 3. The van der Waals surface area contributed by atoms with E-state index in [1.54, 1.807) is 28.3 Å². The standard InChI is InChI=1S/C28H32ClFN6O3/c29-18-3-4-23-22(13-18)33-25(35(23)10-2-1-8-30)17-36-24-16-32-9-5-21(24)28(26(36)37)6-11-34(12-7-28)27(38)39-20-14-19(31)15-20/h3-5,9,13,16,19-20H,1-2,6-8,10-12,14-15,17,31H2. The first-order valence-corrected chi connectivity index (χ1v) is 14.0. The molecule has 3 aromatic rings. The fourth-order valence-electron chi connectivity index (χ4n) is 6.15. The van der Waals surface area contributed by atoms with Crippen molar-refractivity contribution in [2.24, 2.45) is 5.73 Å². The van der Waals surface area contributed by atoms with Gasteiger partial charge < -0.3 is 24.8 Å². The number of hydrogen-bond acceptors (Lipinski definition) is 6. The molecule has 1 spiro atoms. The van der Waals surface area contributed by atoms with Gasteiger partial charge in [0.15, 0.2) is 0 Å². The monoisotopic (exact) mass is 554 g/mol. The molecule has 6 rings (SSSR count). The molecule has 3 aliphatic rings. The van der Waals surface area contributed by atoms with Gasteiger partial charge in [0.25, 0.3) is 0 Å². The van der Waals surface area contributed by atoms with Gasteiger partial charge in [-0.2, -0.15) is 0 Å². The van der Waals surface area contributed by atoms with E-state index in [1.165, 1.54) is 0 Å². The summed E-state index contributed by atoms with van der Waals surface area (Å²) in [5.74, 6) is 0.704. The highest BCUT2D eigenvalue weighted by Crippen LogP contribution is 2.48. The molecule has 11 heteroatoms. The Morgan fingerprint density at radius 3 is 2.74 bits per heavy atom. The summed E-state index contributed by atoms with van der Waals surface area (Å²) >= 11 is 6.23. The Morgan fingerprint density at radius 1 is 1.21 bits per heavy atom. The van der Waals surface area contributed by atoms with E-state index < -0.39 is 5.41 Å². The highest BCUT2D eigenvalue weighted by Gasteiger charge is 2.53. The molecule has 206 valence electrons. The maximum atomic E-state index is 14.2. The second-order valence-electron chi connectivity index (χ2n) is 10.8. The number of hydrogen-bond donors (Lipinski definition) is 1. The number of alkyl halides is 1. The van der Waals surface area contributed by atoms with Gasteiger partial charge in [-0.3, -0.25) is 14.2 Å². The van der Waals surface area contributed by atoms with Crippen LogP contribution in [0.4, 0.5) is 14.9 Å². The summed E-state index contributed by atoms with van der Waals surface area (Å²) in [6.07, 6.45) is 6.51. The van der Waals surface area contributed by atoms with Crippen molar-refractivity contribution in [1.29, 1.82) is 0 Å². The summed E-state index contributed by atoms with van der Waals surface area (Å²) < 4.78 is 20.5. The normalized spacial score (nSPS) is 21.9. The van der Waals surface area contributed by atoms with E-state index >= 15 is 0 Å². The van der Waals surface area contributed by atoms with Gasteiger partial charge >= 0.3 is 6.09 Å². The summed E-state index contributed by atoms with van der Waals surface area (Å²) in [7, 11) is 0. The van der Waals surface area contributed by atoms with Crippen molar-refractivity contribution >= 4 is 40.3 Å². The van der Waals surface area contributed by atoms with Crippen LogP contribution in [0.15, 0.2) is 36.7 Å². The molecular formula is C28H32ClFN6O3. The molecule has 1 saturated heterocycles. The Hall–Kier alpha value is -3.24. The number of aryl methyl sites for hydroxylation is 1. The third kappa shape index (κ3) is 4.63. The molecule has 2 N–H and O–H groups in total. The first-order chi connectivity index (χ1) is 18.9. The Kier molecular flexibility index (Phi) is 6.93. The van der Waals surface area contributed by atoms with Crippen molar-refractivity contribution in [3.8, 4) is 0 Å². The van der Waals surface area contributed by atoms with Crippen LogP contribution in [0, 0.1) is 0 Å². The van der Waals surface area contributed by atoms with Crippen LogP contribution < -0.4 is 10.6 Å². The van der Waals surface area contributed by atoms with E-state index in [-0.39, 0.29) is 37.4 Å². The molecule has 0 bridgehead atoms. The van der Waals surface area contributed by atoms with Crippen LogP contribution in [-0.2, 0) is 28.0 Å². The molecule has 2 aromatic heterocycles. The Bertz CT molecular complexity index is 1400. The molecule has 0 atom stereocenters. The SMILES string of the molecule is NC1CC(OC(=O)N2CCC3(CC2)C(=O)N(Cc2nc4cc(Cl)ccc4n2CCCCF)c2cnccc23)C1. The van der Waals surface area contributed by atoms with E-state index in [0.29, 0.717) is 69.0 Å². The number of piperidine rings is 1. The van der Waals surface area contributed by atoms with Gasteiger partial charge in [0.05, 0.1) is 41.6 Å². The summed E-state index contributed by atoms with van der Waals surface area (Å²) in [5.41, 5.74) is 8.43. The molecule has 0 radical (unpaired) electrons. The van der Waals surface area contributed by atoms with Crippen molar-refractivity contribution in [2.75, 3.05) is 24.7 Å². The number of nitrogens with two attached hydrogens (primary N) is 1. The van der Waals surface area contributed by atoms with Crippen LogP contribution in [-0.4, -0.2) is 63.3 Å². The van der Waals surface area contributed by atoms with E-state index in [4.69, 9.17) is 27.1 Å². The first-order valence-electron chi connectivity index (χ1n) is 13.6. The first kappa shape index (κ1) is 26.0. The summed E-state index contributed by atoms with van der Waals surface area (Å²) in [6, 6.07) is 7.56. The molecule has 2 fully saturated rings. The zero-order valence-electron chi connectivity index (χ0n) is 21.7. The number of pyridine rings is 1. The molecule has 1 aromatic carbocycles. The topological polar surface area (TPSA) is 107 Å². The number of likely N-dealkylation sites (tertiary alicyclic amines) is 1. The lowest BCUT2D eigenvalue weighted by molar-refractivity contribution is -0.125. The minimum Gasteiger partial charge on any atom is -0.446 e. The smallest absolute Gasteiger partial charge is 0.410 e. The predicted octanol–water partition coefficient (Wildman–Crippen LogP) is 4.34. The molecular weight excluding hydrogens is 523 g/mol. The van der Waals surface area contributed by atoms with Crippen LogP contribution in [0.1, 0.15) is 49.9 Å². The van der Waals surface area contributed by atoms with Crippen molar-refractivity contribution in [2.45, 2.75) is 69.2 Å². The molecule has 39 heavy (non-hydrogen) atoms. The number of unbranched alkanes of at least 4 members (excludes halogenated alkanes) is 1. The number of benzene rings is 1. The fraction of sp³-hybridized carbons (Fsp3) is 0.500. The van der Waals surface area contributed by atoms with Gasteiger partial charge in [0.2, 0.25) is 5.91 Å². The molecule has 0 unspecified atom stereocenters. The second kappa shape index (κ2) is 10.4. The second-order valence-corrected chi connectivity index (χ2v) is 11.2. The zero-order valence-corrected chi connectivity index (χ0v) is 22.4. The van der Waals surface area contributed by atoms with Gasteiger partial charge in [0, 0.05) is 36.9 Å². The van der Waals surface area contributed by atoms with Crippen molar-refractivity contribution in [3.63, 3.8) is 0 Å². The van der Waals surface area contributed by atoms with Crippen molar-refractivity contribution in [3.05, 3.63) is 53.1 Å². The Labute approximate surface area is 231 Å². The zero-order chi connectivity index (χ0) is 27.1. The number of nitrogens with zero attached hydrogens (tertiary/aromatic N) is 5. The lowest BCUT2D eigenvalue weighted by Gasteiger charge is -2.39. The molecule has 1 saturated carbocycles. The number of fused-ring (bicyclic) bond motifs is 3. The number of imidazole rings is 1. The Balaban J connectivity index is 1.25. The van der Waals surface area contributed by atoms with Crippen LogP contribution in [0.5, 0.6) is 0 Å². The molecule has 1 aliphatic carbocycles. The highest BCUT2D eigenvalue weighted by atomic mass is 35.5. The van der Waals surface area contributed by atoms with Crippen molar-refractivity contribution in [1.82, 2.24) is 19.4 Å².